The molecule has 2 aliphatic rings. The fourth-order valence-corrected chi connectivity index (χ4v) is 3.80. The van der Waals surface area contributed by atoms with Crippen LogP contribution in [0.3, 0.4) is 0 Å². The van der Waals surface area contributed by atoms with E-state index in [0.717, 1.165) is 43.8 Å². The molecular formula is C18H22N4O. The molecule has 2 saturated heterocycles. The van der Waals surface area contributed by atoms with Crippen molar-refractivity contribution < 1.29 is 4.74 Å². The van der Waals surface area contributed by atoms with Gasteiger partial charge in [0.25, 0.3) is 0 Å². The molecule has 0 bridgehead atoms. The van der Waals surface area contributed by atoms with Gasteiger partial charge in [-0.15, -0.1) is 0 Å². The molecule has 2 aromatic rings. The summed E-state index contributed by atoms with van der Waals surface area (Å²) in [4.78, 5) is 13.7. The Morgan fingerprint density at radius 3 is 2.83 bits per heavy atom. The van der Waals surface area contributed by atoms with E-state index >= 15 is 0 Å². The SMILES string of the molecule is COc1cccc(CN2C[C@@H]3CN(c4ncccn4)CC[C@@H]32)c1. The van der Waals surface area contributed by atoms with Crippen molar-refractivity contribution in [3.63, 3.8) is 0 Å². The Hall–Kier alpha value is -2.14. The van der Waals surface area contributed by atoms with E-state index in [1.54, 1.807) is 7.11 Å². The van der Waals surface area contributed by atoms with E-state index in [-0.39, 0.29) is 0 Å². The minimum Gasteiger partial charge on any atom is -0.497 e. The van der Waals surface area contributed by atoms with E-state index in [4.69, 9.17) is 4.74 Å². The number of fused-ring (bicyclic) bond motifs is 1. The lowest BCUT2D eigenvalue weighted by atomic mass is 9.82. The van der Waals surface area contributed by atoms with Crippen molar-refractivity contribution in [3.05, 3.63) is 48.3 Å². The molecule has 0 amide bonds. The summed E-state index contributed by atoms with van der Waals surface area (Å²) >= 11 is 0. The smallest absolute Gasteiger partial charge is 0.225 e. The van der Waals surface area contributed by atoms with Gasteiger partial charge in [-0.1, -0.05) is 12.1 Å². The van der Waals surface area contributed by atoms with Crippen molar-refractivity contribution in [1.82, 2.24) is 14.9 Å². The van der Waals surface area contributed by atoms with Crippen LogP contribution in [0.1, 0.15) is 12.0 Å². The molecule has 0 unspecified atom stereocenters. The van der Waals surface area contributed by atoms with Crippen molar-refractivity contribution in [2.45, 2.75) is 19.0 Å². The normalized spacial score (nSPS) is 24.0. The molecule has 23 heavy (non-hydrogen) atoms. The second kappa shape index (κ2) is 6.16. The fraction of sp³-hybridized carbons (Fsp3) is 0.444. The summed E-state index contributed by atoms with van der Waals surface area (Å²) in [6.07, 6.45) is 4.83. The molecule has 0 aliphatic carbocycles. The number of methoxy groups -OCH3 is 1. The van der Waals surface area contributed by atoms with Gasteiger partial charge in [0, 0.05) is 50.5 Å². The maximum atomic E-state index is 5.32. The Morgan fingerprint density at radius 2 is 2.04 bits per heavy atom. The zero-order valence-electron chi connectivity index (χ0n) is 13.4. The van der Waals surface area contributed by atoms with E-state index in [2.05, 4.69) is 38.0 Å². The second-order valence-electron chi connectivity index (χ2n) is 6.39. The molecule has 4 rings (SSSR count). The molecule has 2 aliphatic heterocycles. The van der Waals surface area contributed by atoms with E-state index < -0.39 is 0 Å². The standard InChI is InChI=1S/C18H22N4O/c1-23-16-5-2-4-14(10-16)11-22-13-15-12-21(9-6-17(15)22)18-19-7-3-8-20-18/h2-5,7-8,10,15,17H,6,9,11-13H2,1H3/t15-,17-/m0/s1. The van der Waals surface area contributed by atoms with Gasteiger partial charge in [-0.25, -0.2) is 9.97 Å². The summed E-state index contributed by atoms with van der Waals surface area (Å²) in [5.74, 6) is 2.55. The van der Waals surface area contributed by atoms with Crippen molar-refractivity contribution in [2.24, 2.45) is 5.92 Å². The fourth-order valence-electron chi connectivity index (χ4n) is 3.80. The summed E-state index contributed by atoms with van der Waals surface area (Å²) in [7, 11) is 1.72. The first-order chi connectivity index (χ1) is 11.3. The Morgan fingerprint density at radius 1 is 1.17 bits per heavy atom. The van der Waals surface area contributed by atoms with Crippen molar-refractivity contribution in [2.75, 3.05) is 31.6 Å². The van der Waals surface area contributed by atoms with Gasteiger partial charge < -0.3 is 9.64 Å². The van der Waals surface area contributed by atoms with Gasteiger partial charge in [0.05, 0.1) is 7.11 Å². The molecule has 0 radical (unpaired) electrons. The van der Waals surface area contributed by atoms with Gasteiger partial charge in [-0.3, -0.25) is 4.90 Å². The first kappa shape index (κ1) is 14.5. The second-order valence-corrected chi connectivity index (χ2v) is 6.39. The largest absolute Gasteiger partial charge is 0.497 e. The Bertz CT molecular complexity index is 663. The number of piperidine rings is 1. The van der Waals surface area contributed by atoms with Crippen molar-refractivity contribution in [1.29, 1.82) is 0 Å². The number of ether oxygens (including phenoxy) is 1. The lowest BCUT2D eigenvalue weighted by molar-refractivity contribution is -0.00519. The van der Waals surface area contributed by atoms with Gasteiger partial charge in [0.15, 0.2) is 0 Å². The quantitative estimate of drug-likeness (QED) is 0.866. The van der Waals surface area contributed by atoms with Crippen LogP contribution in [0.25, 0.3) is 0 Å². The van der Waals surface area contributed by atoms with Gasteiger partial charge in [0.2, 0.25) is 5.95 Å². The maximum absolute atomic E-state index is 5.32. The number of hydrogen-bond acceptors (Lipinski definition) is 5. The van der Waals surface area contributed by atoms with E-state index in [1.807, 2.05) is 24.5 Å². The molecule has 120 valence electrons. The molecule has 0 N–H and O–H groups in total. The molecule has 3 heterocycles. The summed E-state index contributed by atoms with van der Waals surface area (Å²) < 4.78 is 5.32. The predicted octanol–water partition coefficient (Wildman–Crippen LogP) is 2.20. The number of rotatable bonds is 4. The third-order valence-electron chi connectivity index (χ3n) is 4.99. The molecule has 2 atom stereocenters. The van der Waals surface area contributed by atoms with Crippen LogP contribution in [0.2, 0.25) is 0 Å². The van der Waals surface area contributed by atoms with Crippen molar-refractivity contribution in [3.8, 4) is 5.75 Å². The Kier molecular flexibility index (Phi) is 3.87. The van der Waals surface area contributed by atoms with Gasteiger partial charge >= 0.3 is 0 Å². The number of nitrogens with zero attached hydrogens (tertiary/aromatic N) is 4. The molecule has 1 aromatic carbocycles. The number of likely N-dealkylation sites (tertiary alicyclic amines) is 1. The number of anilines is 1. The lowest BCUT2D eigenvalue weighted by Crippen LogP contribution is -2.63. The van der Waals surface area contributed by atoms with Crippen LogP contribution in [-0.2, 0) is 6.54 Å². The van der Waals surface area contributed by atoms with Crippen LogP contribution in [-0.4, -0.2) is 47.7 Å². The zero-order chi connectivity index (χ0) is 15.6. The first-order valence-corrected chi connectivity index (χ1v) is 8.22. The van der Waals surface area contributed by atoms with Crippen LogP contribution >= 0.6 is 0 Å². The predicted molar refractivity (Wildman–Crippen MR) is 89.5 cm³/mol. The third kappa shape index (κ3) is 2.88. The minimum atomic E-state index is 0.696. The molecule has 1 aromatic heterocycles. The van der Waals surface area contributed by atoms with E-state index in [0.29, 0.717) is 6.04 Å². The molecule has 0 saturated carbocycles. The average Bonchev–Trinajstić information content (AvgIpc) is 2.60. The molecule has 5 heteroatoms. The summed E-state index contributed by atoms with van der Waals surface area (Å²) in [5, 5.41) is 0. The first-order valence-electron chi connectivity index (χ1n) is 8.22. The number of benzene rings is 1. The Labute approximate surface area is 136 Å². The van der Waals surface area contributed by atoms with Crippen LogP contribution in [0.15, 0.2) is 42.7 Å². The van der Waals surface area contributed by atoms with Crippen LogP contribution in [0.5, 0.6) is 5.75 Å². The van der Waals surface area contributed by atoms with Crippen LogP contribution < -0.4 is 9.64 Å². The topological polar surface area (TPSA) is 41.5 Å². The van der Waals surface area contributed by atoms with Gasteiger partial charge in [0.1, 0.15) is 5.75 Å². The highest BCUT2D eigenvalue weighted by atomic mass is 16.5. The molecule has 0 spiro atoms. The summed E-state index contributed by atoms with van der Waals surface area (Å²) in [5.41, 5.74) is 1.33. The average molecular weight is 310 g/mol. The van der Waals surface area contributed by atoms with Gasteiger partial charge in [-0.05, 0) is 30.2 Å². The third-order valence-corrected chi connectivity index (χ3v) is 4.99. The minimum absolute atomic E-state index is 0.696. The summed E-state index contributed by atoms with van der Waals surface area (Å²) in [6, 6.07) is 11.0. The summed E-state index contributed by atoms with van der Waals surface area (Å²) in [6.45, 7) is 4.29. The molecular weight excluding hydrogens is 288 g/mol. The van der Waals surface area contributed by atoms with Crippen molar-refractivity contribution >= 4 is 5.95 Å². The highest BCUT2D eigenvalue weighted by molar-refractivity contribution is 5.32. The molecule has 5 nitrogen and oxygen atoms in total. The highest BCUT2D eigenvalue weighted by Gasteiger charge is 2.42. The van der Waals surface area contributed by atoms with Crippen LogP contribution in [0, 0.1) is 5.92 Å². The van der Waals surface area contributed by atoms with Gasteiger partial charge in [-0.2, -0.15) is 0 Å². The Balaban J connectivity index is 1.36. The lowest BCUT2D eigenvalue weighted by Gasteiger charge is -2.53. The highest BCUT2D eigenvalue weighted by Crippen LogP contribution is 2.34. The van der Waals surface area contributed by atoms with Crippen LogP contribution in [0.4, 0.5) is 5.95 Å². The van der Waals surface area contributed by atoms with E-state index in [9.17, 15) is 0 Å². The molecule has 2 fully saturated rings. The monoisotopic (exact) mass is 310 g/mol. The maximum Gasteiger partial charge on any atom is 0.225 e. The number of aromatic nitrogens is 2. The number of hydrogen-bond donors (Lipinski definition) is 0. The van der Waals surface area contributed by atoms with E-state index in [1.165, 1.54) is 12.0 Å². The zero-order valence-corrected chi connectivity index (χ0v) is 13.4.